The summed E-state index contributed by atoms with van der Waals surface area (Å²) < 4.78 is 0. The predicted octanol–water partition coefficient (Wildman–Crippen LogP) is 2.64. The first kappa shape index (κ1) is 11.6. The Labute approximate surface area is 89.4 Å². The van der Waals surface area contributed by atoms with Crippen molar-refractivity contribution >= 4 is 5.78 Å². The fourth-order valence-corrected chi connectivity index (χ4v) is 1.51. The van der Waals surface area contributed by atoms with Gasteiger partial charge in [-0.05, 0) is 31.9 Å². The van der Waals surface area contributed by atoms with E-state index in [-0.39, 0.29) is 22.8 Å². The molecule has 0 fully saturated rings. The van der Waals surface area contributed by atoms with Gasteiger partial charge in [0.25, 0.3) is 0 Å². The van der Waals surface area contributed by atoms with E-state index in [0.717, 1.165) is 12.8 Å². The van der Waals surface area contributed by atoms with Crippen molar-refractivity contribution in [3.05, 3.63) is 23.3 Å². The molecule has 1 rings (SSSR count). The van der Waals surface area contributed by atoms with Gasteiger partial charge in [0, 0.05) is 5.56 Å². The van der Waals surface area contributed by atoms with E-state index in [2.05, 4.69) is 0 Å². The molecular weight excluding hydrogens is 192 g/mol. The highest BCUT2D eigenvalue weighted by atomic mass is 16.3. The molecule has 0 atom stereocenters. The molecule has 0 aliphatic heterocycles. The minimum absolute atomic E-state index is 0.0611. The van der Waals surface area contributed by atoms with Gasteiger partial charge in [-0.3, -0.25) is 4.79 Å². The maximum Gasteiger partial charge on any atom is 0.163 e. The van der Waals surface area contributed by atoms with E-state index in [1.807, 2.05) is 6.92 Å². The van der Waals surface area contributed by atoms with E-state index in [1.165, 1.54) is 19.1 Å². The van der Waals surface area contributed by atoms with E-state index in [1.54, 1.807) is 0 Å². The summed E-state index contributed by atoms with van der Waals surface area (Å²) in [4.78, 5) is 11.2. The van der Waals surface area contributed by atoms with Crippen LogP contribution in [0.3, 0.4) is 0 Å². The van der Waals surface area contributed by atoms with Gasteiger partial charge in [-0.1, -0.05) is 13.3 Å². The van der Waals surface area contributed by atoms with Gasteiger partial charge in [-0.2, -0.15) is 0 Å². The van der Waals surface area contributed by atoms with Crippen molar-refractivity contribution < 1.29 is 15.0 Å². The van der Waals surface area contributed by atoms with E-state index < -0.39 is 0 Å². The van der Waals surface area contributed by atoms with Gasteiger partial charge in [0.2, 0.25) is 0 Å². The lowest BCUT2D eigenvalue weighted by Gasteiger charge is -2.09. The van der Waals surface area contributed by atoms with Gasteiger partial charge in [0.1, 0.15) is 11.5 Å². The lowest BCUT2D eigenvalue weighted by molar-refractivity contribution is 0.101. The number of carbonyl (C=O) groups is 1. The smallest absolute Gasteiger partial charge is 0.163 e. The van der Waals surface area contributed by atoms with Crippen LogP contribution in [0.2, 0.25) is 0 Å². The monoisotopic (exact) mass is 208 g/mol. The summed E-state index contributed by atoms with van der Waals surface area (Å²) in [6, 6.07) is 2.91. The Morgan fingerprint density at radius 2 is 2.00 bits per heavy atom. The SMILES string of the molecule is CCCCc1c(O)ccc(C(C)=O)c1O. The molecule has 0 amide bonds. The third kappa shape index (κ3) is 2.49. The van der Waals surface area contributed by atoms with Crippen LogP contribution >= 0.6 is 0 Å². The van der Waals surface area contributed by atoms with Crippen LogP contribution in [0.15, 0.2) is 12.1 Å². The lowest BCUT2D eigenvalue weighted by atomic mass is 10.0. The van der Waals surface area contributed by atoms with Crippen molar-refractivity contribution in [3.63, 3.8) is 0 Å². The topological polar surface area (TPSA) is 57.5 Å². The fraction of sp³-hybridized carbons (Fsp3) is 0.417. The molecule has 3 nitrogen and oxygen atoms in total. The summed E-state index contributed by atoms with van der Waals surface area (Å²) in [6.45, 7) is 3.43. The van der Waals surface area contributed by atoms with Crippen LogP contribution in [-0.4, -0.2) is 16.0 Å². The van der Waals surface area contributed by atoms with E-state index in [0.29, 0.717) is 12.0 Å². The molecule has 2 N–H and O–H groups in total. The van der Waals surface area contributed by atoms with Crippen molar-refractivity contribution in [1.29, 1.82) is 0 Å². The Hall–Kier alpha value is -1.51. The zero-order chi connectivity index (χ0) is 11.4. The summed E-state index contributed by atoms with van der Waals surface area (Å²) in [7, 11) is 0. The third-order valence-corrected chi connectivity index (χ3v) is 2.42. The van der Waals surface area contributed by atoms with Crippen LogP contribution < -0.4 is 0 Å². The van der Waals surface area contributed by atoms with Gasteiger partial charge in [-0.25, -0.2) is 0 Å². The van der Waals surface area contributed by atoms with Gasteiger partial charge >= 0.3 is 0 Å². The average Bonchev–Trinajstić information content (AvgIpc) is 2.17. The molecule has 0 unspecified atom stereocenters. The largest absolute Gasteiger partial charge is 0.508 e. The van der Waals surface area contributed by atoms with Crippen molar-refractivity contribution in [2.75, 3.05) is 0 Å². The summed E-state index contributed by atoms with van der Waals surface area (Å²) in [5, 5.41) is 19.3. The maximum atomic E-state index is 11.2. The summed E-state index contributed by atoms with van der Waals surface area (Å²) >= 11 is 0. The molecule has 0 aliphatic carbocycles. The second kappa shape index (κ2) is 4.82. The molecule has 0 saturated heterocycles. The van der Waals surface area contributed by atoms with Crippen LogP contribution in [0.25, 0.3) is 0 Å². The number of hydrogen-bond acceptors (Lipinski definition) is 3. The van der Waals surface area contributed by atoms with Crippen LogP contribution in [-0.2, 0) is 6.42 Å². The highest BCUT2D eigenvalue weighted by Crippen LogP contribution is 2.32. The first-order chi connectivity index (χ1) is 7.07. The maximum absolute atomic E-state index is 11.2. The number of Topliss-reactive ketones (excluding diaryl/α,β-unsaturated/α-hetero) is 1. The number of benzene rings is 1. The Morgan fingerprint density at radius 1 is 1.33 bits per heavy atom. The summed E-state index contributed by atoms with van der Waals surface area (Å²) in [5.41, 5.74) is 0.753. The summed E-state index contributed by atoms with van der Waals surface area (Å²) in [6.07, 6.45) is 2.45. The number of hydrogen-bond donors (Lipinski definition) is 2. The Balaban J connectivity index is 3.12. The molecule has 15 heavy (non-hydrogen) atoms. The zero-order valence-electron chi connectivity index (χ0n) is 9.08. The summed E-state index contributed by atoms with van der Waals surface area (Å²) in [5.74, 6) is -0.202. The molecule has 3 heteroatoms. The van der Waals surface area contributed by atoms with Gasteiger partial charge in [-0.15, -0.1) is 0 Å². The van der Waals surface area contributed by atoms with Crippen molar-refractivity contribution in [2.24, 2.45) is 0 Å². The van der Waals surface area contributed by atoms with E-state index >= 15 is 0 Å². The number of phenols is 2. The number of phenolic OH excluding ortho intramolecular Hbond substituents is 2. The van der Waals surface area contributed by atoms with Crippen molar-refractivity contribution in [1.82, 2.24) is 0 Å². The van der Waals surface area contributed by atoms with Crippen molar-refractivity contribution in [3.8, 4) is 11.5 Å². The van der Waals surface area contributed by atoms with Crippen LogP contribution in [0, 0.1) is 0 Å². The molecule has 0 aromatic heterocycles. The second-order valence-electron chi connectivity index (χ2n) is 3.62. The van der Waals surface area contributed by atoms with Gasteiger partial charge in [0.05, 0.1) is 5.56 Å². The number of ketones is 1. The Morgan fingerprint density at radius 3 is 2.53 bits per heavy atom. The molecule has 0 spiro atoms. The molecular formula is C12H16O3. The molecule has 1 aromatic carbocycles. The molecule has 82 valence electrons. The quantitative estimate of drug-likeness (QED) is 0.748. The second-order valence-corrected chi connectivity index (χ2v) is 3.62. The van der Waals surface area contributed by atoms with Crippen LogP contribution in [0.5, 0.6) is 11.5 Å². The highest BCUT2D eigenvalue weighted by Gasteiger charge is 2.14. The molecule has 0 saturated carbocycles. The zero-order valence-corrected chi connectivity index (χ0v) is 9.08. The first-order valence-corrected chi connectivity index (χ1v) is 5.12. The standard InChI is InChI=1S/C12H16O3/c1-3-4-5-10-11(14)7-6-9(8(2)13)12(10)15/h6-7,14-15H,3-5H2,1-2H3. The highest BCUT2D eigenvalue weighted by molar-refractivity contribution is 5.97. The molecule has 1 aromatic rings. The lowest BCUT2D eigenvalue weighted by Crippen LogP contribution is -1.96. The third-order valence-electron chi connectivity index (χ3n) is 2.42. The Kier molecular flexibility index (Phi) is 3.72. The average molecular weight is 208 g/mol. The Bertz CT molecular complexity index is 369. The molecule has 0 radical (unpaired) electrons. The van der Waals surface area contributed by atoms with E-state index in [4.69, 9.17) is 0 Å². The predicted molar refractivity (Wildman–Crippen MR) is 58.4 cm³/mol. The first-order valence-electron chi connectivity index (χ1n) is 5.12. The number of carbonyl (C=O) groups excluding carboxylic acids is 1. The van der Waals surface area contributed by atoms with E-state index in [9.17, 15) is 15.0 Å². The number of aromatic hydroxyl groups is 2. The molecule has 0 bridgehead atoms. The molecule has 0 aliphatic rings. The van der Waals surface area contributed by atoms with Crippen LogP contribution in [0.1, 0.15) is 42.6 Å². The van der Waals surface area contributed by atoms with Crippen LogP contribution in [0.4, 0.5) is 0 Å². The van der Waals surface area contributed by atoms with Gasteiger partial charge < -0.3 is 10.2 Å². The minimum atomic E-state index is -0.190. The van der Waals surface area contributed by atoms with Crippen molar-refractivity contribution in [2.45, 2.75) is 33.1 Å². The number of rotatable bonds is 4. The minimum Gasteiger partial charge on any atom is -0.508 e. The molecule has 0 heterocycles. The number of unbranched alkanes of at least 4 members (excludes halogenated alkanes) is 1. The fourth-order valence-electron chi connectivity index (χ4n) is 1.51. The normalized spacial score (nSPS) is 10.3. The van der Waals surface area contributed by atoms with Gasteiger partial charge in [0.15, 0.2) is 5.78 Å².